The highest BCUT2D eigenvalue weighted by Gasteiger charge is 2.15. The Kier molecular flexibility index (Phi) is 3.02. The smallest absolute Gasteiger partial charge is 0.177 e. The van der Waals surface area contributed by atoms with E-state index in [9.17, 15) is 8.42 Å². The highest BCUT2D eigenvalue weighted by atomic mass is 32.2. The minimum atomic E-state index is -3.28. The van der Waals surface area contributed by atoms with Crippen molar-refractivity contribution in [2.24, 2.45) is 0 Å². The molecule has 20 heavy (non-hydrogen) atoms. The molecule has 3 rings (SSSR count). The standard InChI is InChI=1S/C14H13N3O2S/c1-20(18,19)12-4-2-3-11-14(12)17-13(16-11)9-10-5-7-15-8-6-10/h2-8H,9H2,1H3,(H,16,17). The van der Waals surface area contributed by atoms with Crippen molar-refractivity contribution in [2.45, 2.75) is 11.3 Å². The maximum Gasteiger partial charge on any atom is 0.177 e. The molecule has 1 aromatic carbocycles. The van der Waals surface area contributed by atoms with Crippen LogP contribution >= 0.6 is 0 Å². The molecule has 0 fully saturated rings. The summed E-state index contributed by atoms with van der Waals surface area (Å²) in [6.45, 7) is 0. The normalized spacial score (nSPS) is 11.8. The van der Waals surface area contributed by atoms with Gasteiger partial charge in [-0.25, -0.2) is 13.4 Å². The van der Waals surface area contributed by atoms with Gasteiger partial charge in [0.15, 0.2) is 9.84 Å². The van der Waals surface area contributed by atoms with Gasteiger partial charge >= 0.3 is 0 Å². The number of hydrogen-bond acceptors (Lipinski definition) is 4. The lowest BCUT2D eigenvalue weighted by molar-refractivity contribution is 0.602. The lowest BCUT2D eigenvalue weighted by atomic mass is 10.2. The summed E-state index contributed by atoms with van der Waals surface area (Å²) in [5.41, 5.74) is 2.30. The predicted octanol–water partition coefficient (Wildman–Crippen LogP) is 1.95. The van der Waals surface area contributed by atoms with Gasteiger partial charge in [-0.2, -0.15) is 0 Å². The quantitative estimate of drug-likeness (QED) is 0.799. The number of H-pyrrole nitrogens is 1. The van der Waals surface area contributed by atoms with E-state index >= 15 is 0 Å². The second-order valence-corrected chi connectivity index (χ2v) is 6.62. The molecule has 3 aromatic rings. The molecule has 0 aliphatic carbocycles. The largest absolute Gasteiger partial charge is 0.342 e. The Morgan fingerprint density at radius 2 is 1.90 bits per heavy atom. The van der Waals surface area contributed by atoms with Crippen LogP contribution in [0.5, 0.6) is 0 Å². The van der Waals surface area contributed by atoms with Crippen LogP contribution in [0, 0.1) is 0 Å². The van der Waals surface area contributed by atoms with Crippen molar-refractivity contribution in [2.75, 3.05) is 6.26 Å². The summed E-state index contributed by atoms with van der Waals surface area (Å²) in [6.07, 6.45) is 5.25. The molecule has 0 saturated heterocycles. The molecule has 2 aromatic heterocycles. The fourth-order valence-corrected chi connectivity index (χ4v) is 2.97. The Balaban J connectivity index is 2.08. The molecule has 0 radical (unpaired) electrons. The molecule has 0 atom stereocenters. The minimum Gasteiger partial charge on any atom is -0.342 e. The maximum atomic E-state index is 11.8. The van der Waals surface area contributed by atoms with Gasteiger partial charge in [0.25, 0.3) is 0 Å². The second-order valence-electron chi connectivity index (χ2n) is 4.64. The van der Waals surface area contributed by atoms with Gasteiger partial charge in [0, 0.05) is 25.1 Å². The highest BCUT2D eigenvalue weighted by Crippen LogP contribution is 2.21. The van der Waals surface area contributed by atoms with E-state index in [1.165, 1.54) is 6.26 Å². The zero-order valence-corrected chi connectivity index (χ0v) is 11.7. The maximum absolute atomic E-state index is 11.8. The average Bonchev–Trinajstić information content (AvgIpc) is 2.80. The summed E-state index contributed by atoms with van der Waals surface area (Å²) in [5, 5.41) is 0. The van der Waals surface area contributed by atoms with Crippen molar-refractivity contribution < 1.29 is 8.42 Å². The topological polar surface area (TPSA) is 75.7 Å². The average molecular weight is 287 g/mol. The molecule has 0 unspecified atom stereocenters. The first-order chi connectivity index (χ1) is 9.54. The fourth-order valence-electron chi connectivity index (χ4n) is 2.13. The van der Waals surface area contributed by atoms with Crippen LogP contribution in [0.4, 0.5) is 0 Å². The van der Waals surface area contributed by atoms with Gasteiger partial charge in [0.1, 0.15) is 11.3 Å². The lowest BCUT2D eigenvalue weighted by Gasteiger charge is -1.97. The molecule has 102 valence electrons. The number of fused-ring (bicyclic) bond motifs is 1. The lowest BCUT2D eigenvalue weighted by Crippen LogP contribution is -1.97. The molecular formula is C14H13N3O2S. The molecule has 5 nitrogen and oxygen atoms in total. The van der Waals surface area contributed by atoms with Gasteiger partial charge < -0.3 is 4.98 Å². The summed E-state index contributed by atoms with van der Waals surface area (Å²) < 4.78 is 23.5. The first-order valence-electron chi connectivity index (χ1n) is 6.10. The molecule has 0 aliphatic rings. The molecule has 0 bridgehead atoms. The van der Waals surface area contributed by atoms with Gasteiger partial charge in [-0.3, -0.25) is 4.98 Å². The summed E-state index contributed by atoms with van der Waals surface area (Å²) in [4.78, 5) is 11.8. The summed E-state index contributed by atoms with van der Waals surface area (Å²) in [6, 6.07) is 8.93. The number of rotatable bonds is 3. The molecule has 0 aliphatic heterocycles. The Morgan fingerprint density at radius 1 is 1.15 bits per heavy atom. The molecule has 0 spiro atoms. The summed E-state index contributed by atoms with van der Waals surface area (Å²) in [7, 11) is -3.28. The van der Waals surface area contributed by atoms with Crippen molar-refractivity contribution in [3.05, 3.63) is 54.1 Å². The molecular weight excluding hydrogens is 274 g/mol. The third-order valence-corrected chi connectivity index (χ3v) is 4.17. The van der Waals surface area contributed by atoms with Gasteiger partial charge in [-0.15, -0.1) is 0 Å². The van der Waals surface area contributed by atoms with E-state index in [1.807, 2.05) is 18.2 Å². The number of pyridine rings is 1. The fraction of sp³-hybridized carbons (Fsp3) is 0.143. The number of nitrogens with one attached hydrogen (secondary N) is 1. The van der Waals surface area contributed by atoms with Crippen LogP contribution in [-0.2, 0) is 16.3 Å². The van der Waals surface area contributed by atoms with E-state index in [0.29, 0.717) is 11.9 Å². The Hall–Kier alpha value is -2.21. The van der Waals surface area contributed by atoms with E-state index < -0.39 is 9.84 Å². The van der Waals surface area contributed by atoms with E-state index in [1.54, 1.807) is 24.5 Å². The number of sulfone groups is 1. The SMILES string of the molecule is CS(=O)(=O)c1cccc2[nH]c(Cc3ccncc3)nc12. The van der Waals surface area contributed by atoms with Crippen LogP contribution < -0.4 is 0 Å². The Labute approximate surface area is 116 Å². The summed E-state index contributed by atoms with van der Waals surface area (Å²) >= 11 is 0. The number of hydrogen-bond donors (Lipinski definition) is 1. The Morgan fingerprint density at radius 3 is 2.60 bits per heavy atom. The van der Waals surface area contributed by atoms with Crippen LogP contribution in [0.25, 0.3) is 11.0 Å². The first-order valence-corrected chi connectivity index (χ1v) is 8.00. The van der Waals surface area contributed by atoms with Crippen molar-refractivity contribution in [3.63, 3.8) is 0 Å². The number of imidazole rings is 1. The van der Waals surface area contributed by atoms with Crippen molar-refractivity contribution in [3.8, 4) is 0 Å². The number of aromatic amines is 1. The minimum absolute atomic E-state index is 0.257. The van der Waals surface area contributed by atoms with Crippen LogP contribution in [-0.4, -0.2) is 29.6 Å². The van der Waals surface area contributed by atoms with Crippen LogP contribution in [0.1, 0.15) is 11.4 Å². The zero-order chi connectivity index (χ0) is 14.2. The number of para-hydroxylation sites is 1. The van der Waals surface area contributed by atoms with Gasteiger partial charge in [-0.1, -0.05) is 6.07 Å². The van der Waals surface area contributed by atoms with Crippen molar-refractivity contribution >= 4 is 20.9 Å². The Bertz CT molecular complexity index is 855. The number of nitrogens with zero attached hydrogens (tertiary/aromatic N) is 2. The van der Waals surface area contributed by atoms with Crippen molar-refractivity contribution in [1.29, 1.82) is 0 Å². The summed E-state index contributed by atoms with van der Waals surface area (Å²) in [5.74, 6) is 0.738. The van der Waals surface area contributed by atoms with E-state index in [0.717, 1.165) is 16.9 Å². The zero-order valence-electron chi connectivity index (χ0n) is 10.9. The van der Waals surface area contributed by atoms with Gasteiger partial charge in [0.2, 0.25) is 0 Å². The number of benzene rings is 1. The molecule has 2 heterocycles. The number of aromatic nitrogens is 3. The highest BCUT2D eigenvalue weighted by molar-refractivity contribution is 7.91. The van der Waals surface area contributed by atoms with E-state index in [4.69, 9.17) is 0 Å². The third kappa shape index (κ3) is 2.42. The molecule has 0 amide bonds. The van der Waals surface area contributed by atoms with E-state index in [-0.39, 0.29) is 4.90 Å². The van der Waals surface area contributed by atoms with Crippen molar-refractivity contribution in [1.82, 2.24) is 15.0 Å². The van der Waals surface area contributed by atoms with Crippen LogP contribution in [0.2, 0.25) is 0 Å². The molecule has 0 saturated carbocycles. The van der Waals surface area contributed by atoms with Gasteiger partial charge in [-0.05, 0) is 29.8 Å². The van der Waals surface area contributed by atoms with Crippen LogP contribution in [0.15, 0.2) is 47.6 Å². The predicted molar refractivity (Wildman–Crippen MR) is 76.2 cm³/mol. The molecule has 1 N–H and O–H groups in total. The third-order valence-electron chi connectivity index (χ3n) is 3.05. The second kappa shape index (κ2) is 4.72. The first kappa shape index (κ1) is 12.8. The van der Waals surface area contributed by atoms with Crippen LogP contribution in [0.3, 0.4) is 0 Å². The van der Waals surface area contributed by atoms with E-state index in [2.05, 4.69) is 15.0 Å². The molecule has 6 heteroatoms. The van der Waals surface area contributed by atoms with Gasteiger partial charge in [0.05, 0.1) is 10.4 Å². The monoisotopic (exact) mass is 287 g/mol.